The van der Waals surface area contributed by atoms with Gasteiger partial charge in [-0.05, 0) is 25.1 Å². The van der Waals surface area contributed by atoms with Crippen molar-refractivity contribution in [2.75, 3.05) is 24.7 Å². The summed E-state index contributed by atoms with van der Waals surface area (Å²) in [5.41, 5.74) is 2.76. The van der Waals surface area contributed by atoms with Gasteiger partial charge in [-0.1, -0.05) is 18.2 Å². The Morgan fingerprint density at radius 3 is 2.89 bits per heavy atom. The zero-order valence-electron chi connectivity index (χ0n) is 15.3. The van der Waals surface area contributed by atoms with Gasteiger partial charge in [-0.3, -0.25) is 5.10 Å². The van der Waals surface area contributed by atoms with Gasteiger partial charge in [-0.2, -0.15) is 5.10 Å². The summed E-state index contributed by atoms with van der Waals surface area (Å²) < 4.78 is 22.0. The Morgan fingerprint density at radius 1 is 1.21 bits per heavy atom. The summed E-state index contributed by atoms with van der Waals surface area (Å²) in [5, 5.41) is 11.8. The molecule has 1 aliphatic heterocycles. The molecule has 1 atom stereocenters. The van der Waals surface area contributed by atoms with Gasteiger partial charge >= 0.3 is 0 Å². The van der Waals surface area contributed by atoms with Crippen molar-refractivity contribution in [3.05, 3.63) is 54.6 Å². The number of benzene rings is 1. The molecule has 4 aromatic rings. The Bertz CT molecular complexity index is 1120. The van der Waals surface area contributed by atoms with Crippen LogP contribution in [0.25, 0.3) is 28.2 Å². The molecule has 5 rings (SSSR count). The average molecular weight is 378 g/mol. The van der Waals surface area contributed by atoms with Crippen molar-refractivity contribution in [2.45, 2.75) is 13.0 Å². The van der Waals surface area contributed by atoms with E-state index in [1.807, 2.05) is 18.2 Å². The maximum atomic E-state index is 14.6. The van der Waals surface area contributed by atoms with Crippen LogP contribution in [-0.4, -0.2) is 50.6 Å². The van der Waals surface area contributed by atoms with Gasteiger partial charge in [0, 0.05) is 23.9 Å². The minimum absolute atomic E-state index is 0.172. The summed E-state index contributed by atoms with van der Waals surface area (Å²) in [4.78, 5) is 6.71. The number of halogens is 1. The normalized spacial score (nSPS) is 17.4. The number of anilines is 1. The molecule has 0 spiro atoms. The fourth-order valence-electron chi connectivity index (χ4n) is 3.63. The molecule has 142 valence electrons. The molecule has 0 bridgehead atoms. The first kappa shape index (κ1) is 16.9. The summed E-state index contributed by atoms with van der Waals surface area (Å²) in [5.74, 6) is 1.12. The third kappa shape index (κ3) is 2.73. The number of H-pyrrole nitrogens is 1. The zero-order valence-corrected chi connectivity index (χ0v) is 15.3. The number of nitrogens with one attached hydrogen (secondary N) is 1. The van der Waals surface area contributed by atoms with Gasteiger partial charge in [-0.15, -0.1) is 5.10 Å². The van der Waals surface area contributed by atoms with Crippen molar-refractivity contribution in [1.82, 2.24) is 24.8 Å². The molecule has 28 heavy (non-hydrogen) atoms. The molecule has 0 radical (unpaired) electrons. The highest BCUT2D eigenvalue weighted by molar-refractivity contribution is 5.83. The lowest BCUT2D eigenvalue weighted by Gasteiger charge is -2.34. The van der Waals surface area contributed by atoms with Gasteiger partial charge in [0.15, 0.2) is 11.6 Å². The Balaban J connectivity index is 1.77. The van der Waals surface area contributed by atoms with Crippen LogP contribution in [0.2, 0.25) is 0 Å². The van der Waals surface area contributed by atoms with E-state index in [0.29, 0.717) is 24.6 Å². The number of morpholine rings is 1. The fourth-order valence-corrected chi connectivity index (χ4v) is 3.63. The first-order chi connectivity index (χ1) is 13.7. The second-order valence-corrected chi connectivity index (χ2v) is 6.86. The van der Waals surface area contributed by atoms with Crippen molar-refractivity contribution in [1.29, 1.82) is 0 Å². The SMILES string of the molecule is CC1COCCN1c1cc(-c2ccccc2F)c2cnc(-c3ccn[nH]3)n2n1. The van der Waals surface area contributed by atoms with Crippen LogP contribution in [0.1, 0.15) is 6.92 Å². The predicted molar refractivity (Wildman–Crippen MR) is 104 cm³/mol. The Kier molecular flexibility index (Phi) is 4.05. The smallest absolute Gasteiger partial charge is 0.179 e. The molecule has 3 aromatic heterocycles. The summed E-state index contributed by atoms with van der Waals surface area (Å²) >= 11 is 0. The number of hydrogen-bond acceptors (Lipinski definition) is 5. The number of fused-ring (bicyclic) bond motifs is 1. The van der Waals surface area contributed by atoms with Gasteiger partial charge in [0.2, 0.25) is 0 Å². The van der Waals surface area contributed by atoms with Crippen LogP contribution in [0.15, 0.2) is 48.8 Å². The van der Waals surface area contributed by atoms with E-state index in [-0.39, 0.29) is 11.9 Å². The highest BCUT2D eigenvalue weighted by Crippen LogP contribution is 2.32. The van der Waals surface area contributed by atoms with Crippen molar-refractivity contribution in [2.24, 2.45) is 0 Å². The van der Waals surface area contributed by atoms with Gasteiger partial charge in [0.1, 0.15) is 11.5 Å². The number of aromatic amines is 1. The second kappa shape index (κ2) is 6.72. The monoisotopic (exact) mass is 378 g/mol. The van der Waals surface area contributed by atoms with Gasteiger partial charge < -0.3 is 9.64 Å². The maximum Gasteiger partial charge on any atom is 0.179 e. The Hall–Kier alpha value is -3.26. The highest BCUT2D eigenvalue weighted by atomic mass is 19.1. The van der Waals surface area contributed by atoms with Crippen LogP contribution in [0.3, 0.4) is 0 Å². The molecule has 4 heterocycles. The number of rotatable bonds is 3. The van der Waals surface area contributed by atoms with E-state index in [9.17, 15) is 4.39 Å². The van der Waals surface area contributed by atoms with E-state index >= 15 is 0 Å². The number of ether oxygens (including phenoxy) is 1. The Morgan fingerprint density at radius 2 is 2.11 bits per heavy atom. The quantitative estimate of drug-likeness (QED) is 0.593. The molecule has 1 fully saturated rings. The first-order valence-corrected chi connectivity index (χ1v) is 9.20. The van der Waals surface area contributed by atoms with Gasteiger partial charge in [-0.25, -0.2) is 13.9 Å². The topological polar surface area (TPSA) is 71.3 Å². The molecule has 0 aliphatic carbocycles. The molecule has 1 aliphatic rings. The molecular formula is C20H19FN6O. The first-order valence-electron chi connectivity index (χ1n) is 9.20. The summed E-state index contributed by atoms with van der Waals surface area (Å²) in [6.07, 6.45) is 3.39. The predicted octanol–water partition coefficient (Wildman–Crippen LogP) is 3.15. The van der Waals surface area contributed by atoms with Gasteiger partial charge in [0.25, 0.3) is 0 Å². The number of nitrogens with zero attached hydrogens (tertiary/aromatic N) is 5. The maximum absolute atomic E-state index is 14.6. The van der Waals surface area contributed by atoms with Crippen molar-refractivity contribution >= 4 is 11.3 Å². The molecule has 1 aromatic carbocycles. The molecule has 0 saturated carbocycles. The summed E-state index contributed by atoms with van der Waals surface area (Å²) in [7, 11) is 0. The van der Waals surface area contributed by atoms with E-state index in [1.165, 1.54) is 6.07 Å². The van der Waals surface area contributed by atoms with Crippen LogP contribution in [-0.2, 0) is 4.74 Å². The fraction of sp³-hybridized carbons (Fsp3) is 0.250. The third-order valence-corrected chi connectivity index (χ3v) is 5.06. The lowest BCUT2D eigenvalue weighted by Crippen LogP contribution is -2.44. The van der Waals surface area contributed by atoms with Crippen molar-refractivity contribution in [3.63, 3.8) is 0 Å². The summed E-state index contributed by atoms with van der Waals surface area (Å²) in [6, 6.07) is 10.7. The average Bonchev–Trinajstić information content (AvgIpc) is 3.37. The van der Waals surface area contributed by atoms with Crippen LogP contribution in [0.5, 0.6) is 0 Å². The van der Waals surface area contributed by atoms with Gasteiger partial charge in [0.05, 0.1) is 31.0 Å². The molecular weight excluding hydrogens is 359 g/mol. The van der Waals surface area contributed by atoms with E-state index in [0.717, 1.165) is 29.1 Å². The lowest BCUT2D eigenvalue weighted by molar-refractivity contribution is 0.0984. The lowest BCUT2D eigenvalue weighted by atomic mass is 10.1. The molecule has 1 N–H and O–H groups in total. The number of aromatic nitrogens is 5. The molecule has 7 nitrogen and oxygen atoms in total. The molecule has 1 saturated heterocycles. The standard InChI is InChI=1S/C20H19FN6O/c1-13-12-28-9-8-26(13)19-10-15(14-4-2-3-5-16(14)21)18-11-22-20(27(18)25-19)17-6-7-23-24-17/h2-7,10-11,13H,8-9,12H2,1H3,(H,23,24). The van der Waals surface area contributed by atoms with E-state index in [4.69, 9.17) is 9.84 Å². The van der Waals surface area contributed by atoms with Crippen molar-refractivity contribution < 1.29 is 9.13 Å². The minimum atomic E-state index is -0.277. The summed E-state index contributed by atoms with van der Waals surface area (Å²) in [6.45, 7) is 4.09. The van der Waals surface area contributed by atoms with Crippen molar-refractivity contribution in [3.8, 4) is 22.6 Å². The number of imidazole rings is 1. The largest absolute Gasteiger partial charge is 0.377 e. The van der Waals surface area contributed by atoms with E-state index in [1.54, 1.807) is 29.0 Å². The molecule has 8 heteroatoms. The van der Waals surface area contributed by atoms with Crippen LogP contribution < -0.4 is 4.90 Å². The zero-order chi connectivity index (χ0) is 19.1. The highest BCUT2D eigenvalue weighted by Gasteiger charge is 2.24. The van der Waals surface area contributed by atoms with Crippen LogP contribution in [0.4, 0.5) is 10.2 Å². The van der Waals surface area contributed by atoms with E-state index in [2.05, 4.69) is 27.0 Å². The molecule has 1 unspecified atom stereocenters. The Labute approximate surface area is 160 Å². The van der Waals surface area contributed by atoms with Crippen LogP contribution >= 0.6 is 0 Å². The van der Waals surface area contributed by atoms with Crippen LogP contribution in [0, 0.1) is 5.82 Å². The third-order valence-electron chi connectivity index (χ3n) is 5.06. The van der Waals surface area contributed by atoms with E-state index < -0.39 is 0 Å². The molecule has 0 amide bonds. The second-order valence-electron chi connectivity index (χ2n) is 6.86. The minimum Gasteiger partial charge on any atom is -0.377 e. The number of hydrogen-bond donors (Lipinski definition) is 1.